The minimum Gasteiger partial charge on any atom is -0.385 e. The van der Waals surface area contributed by atoms with Crippen LogP contribution in [0, 0.1) is 0 Å². The first-order chi connectivity index (χ1) is 15.5. The Morgan fingerprint density at radius 2 is 1.81 bits per heavy atom. The van der Waals surface area contributed by atoms with Crippen molar-refractivity contribution in [2.45, 2.75) is 18.1 Å². The van der Waals surface area contributed by atoms with Crippen molar-refractivity contribution in [1.29, 1.82) is 0 Å². The lowest BCUT2D eigenvalue weighted by molar-refractivity contribution is -0.119. The Labute approximate surface area is 203 Å². The lowest BCUT2D eigenvalue weighted by atomic mass is 10.2. The van der Waals surface area contributed by atoms with Crippen molar-refractivity contribution >= 4 is 51.1 Å². The Bertz CT molecular complexity index is 1060. The van der Waals surface area contributed by atoms with E-state index < -0.39 is 5.91 Å². The van der Waals surface area contributed by atoms with E-state index >= 15 is 0 Å². The van der Waals surface area contributed by atoms with Gasteiger partial charge in [0.1, 0.15) is 0 Å². The van der Waals surface area contributed by atoms with Crippen LogP contribution in [0.2, 0.25) is 5.02 Å². The molecule has 1 aromatic heterocycles. The highest BCUT2D eigenvalue weighted by Gasteiger charge is 2.16. The molecule has 2 amide bonds. The van der Waals surface area contributed by atoms with E-state index in [1.807, 2.05) is 16.7 Å². The second kappa shape index (κ2) is 12.0. The van der Waals surface area contributed by atoms with Gasteiger partial charge in [-0.3, -0.25) is 20.4 Å². The summed E-state index contributed by atoms with van der Waals surface area (Å²) in [5.74, 6) is -0.0170. The summed E-state index contributed by atoms with van der Waals surface area (Å²) < 4.78 is 7.96. The third-order valence-corrected chi connectivity index (χ3v) is 6.05. The number of nitrogens with one attached hydrogen (secondary N) is 2. The van der Waals surface area contributed by atoms with E-state index in [0.717, 1.165) is 16.5 Å². The summed E-state index contributed by atoms with van der Waals surface area (Å²) in [4.78, 5) is 24.4. The predicted molar refractivity (Wildman–Crippen MR) is 127 cm³/mol. The zero-order valence-electron chi connectivity index (χ0n) is 17.2. The number of aromatic nitrogens is 3. The van der Waals surface area contributed by atoms with Gasteiger partial charge in [0.25, 0.3) is 5.91 Å². The van der Waals surface area contributed by atoms with E-state index in [9.17, 15) is 9.59 Å². The molecular formula is C21H21BrClN5O3S. The summed E-state index contributed by atoms with van der Waals surface area (Å²) >= 11 is 10.5. The number of rotatable bonds is 9. The Kier molecular flexibility index (Phi) is 9.10. The van der Waals surface area contributed by atoms with Crippen molar-refractivity contribution in [3.05, 3.63) is 63.6 Å². The number of nitrogens with zero attached hydrogens (tertiary/aromatic N) is 3. The van der Waals surface area contributed by atoms with Crippen LogP contribution in [0.1, 0.15) is 16.8 Å². The highest BCUT2D eigenvalue weighted by Crippen LogP contribution is 2.25. The first kappa shape index (κ1) is 24.2. The molecule has 0 radical (unpaired) electrons. The molecule has 1 heterocycles. The molecule has 0 aliphatic rings. The first-order valence-corrected chi connectivity index (χ1v) is 11.8. The quantitative estimate of drug-likeness (QED) is 0.243. The summed E-state index contributed by atoms with van der Waals surface area (Å²) in [6, 6.07) is 14.1. The van der Waals surface area contributed by atoms with Crippen LogP contribution in [0.4, 0.5) is 0 Å². The molecule has 0 unspecified atom stereocenters. The molecule has 0 aliphatic heterocycles. The predicted octanol–water partition coefficient (Wildman–Crippen LogP) is 3.95. The van der Waals surface area contributed by atoms with Gasteiger partial charge in [0.05, 0.1) is 5.75 Å². The van der Waals surface area contributed by atoms with Crippen LogP contribution in [-0.4, -0.2) is 46.0 Å². The van der Waals surface area contributed by atoms with Crippen LogP contribution in [0.3, 0.4) is 0 Å². The van der Waals surface area contributed by atoms with Gasteiger partial charge >= 0.3 is 0 Å². The van der Waals surface area contributed by atoms with Crippen molar-refractivity contribution in [2.24, 2.45) is 0 Å². The van der Waals surface area contributed by atoms with Crippen LogP contribution >= 0.6 is 39.3 Å². The first-order valence-electron chi connectivity index (χ1n) is 9.63. The van der Waals surface area contributed by atoms with Gasteiger partial charge in [-0.1, -0.05) is 39.3 Å². The number of halogens is 2. The molecule has 0 fully saturated rings. The molecular weight excluding hydrogens is 518 g/mol. The highest BCUT2D eigenvalue weighted by molar-refractivity contribution is 9.10. The lowest BCUT2D eigenvalue weighted by Gasteiger charge is -2.11. The highest BCUT2D eigenvalue weighted by atomic mass is 79.9. The minimum atomic E-state index is -0.399. The van der Waals surface area contributed by atoms with Gasteiger partial charge in [-0.05, 0) is 55.0 Å². The van der Waals surface area contributed by atoms with Gasteiger partial charge in [-0.15, -0.1) is 10.2 Å². The normalized spacial score (nSPS) is 10.7. The number of hydrazine groups is 1. The summed E-state index contributed by atoms with van der Waals surface area (Å²) in [7, 11) is 1.65. The van der Waals surface area contributed by atoms with E-state index in [1.165, 1.54) is 11.8 Å². The summed E-state index contributed by atoms with van der Waals surface area (Å²) in [5, 5.41) is 9.78. The maximum atomic E-state index is 12.2. The molecule has 3 rings (SSSR count). The molecule has 0 aliphatic carbocycles. The second-order valence-corrected chi connectivity index (χ2v) is 8.90. The zero-order chi connectivity index (χ0) is 22.9. The van der Waals surface area contributed by atoms with Crippen molar-refractivity contribution < 1.29 is 14.3 Å². The molecule has 0 spiro atoms. The maximum Gasteiger partial charge on any atom is 0.269 e. The van der Waals surface area contributed by atoms with Crippen LogP contribution in [0.15, 0.2) is 58.2 Å². The molecule has 0 saturated heterocycles. The van der Waals surface area contributed by atoms with Crippen LogP contribution in [-0.2, 0) is 16.1 Å². The minimum absolute atomic E-state index is 0.0592. The number of ether oxygens (including phenoxy) is 1. The molecule has 11 heteroatoms. The van der Waals surface area contributed by atoms with Gasteiger partial charge < -0.3 is 9.30 Å². The average Bonchev–Trinajstić information content (AvgIpc) is 3.20. The largest absolute Gasteiger partial charge is 0.385 e. The molecule has 2 N–H and O–H groups in total. The van der Waals surface area contributed by atoms with E-state index in [1.54, 1.807) is 43.5 Å². The number of methoxy groups -OCH3 is 1. The van der Waals surface area contributed by atoms with E-state index in [-0.39, 0.29) is 11.7 Å². The van der Waals surface area contributed by atoms with Gasteiger partial charge in [-0.2, -0.15) is 0 Å². The average molecular weight is 539 g/mol. The number of hydrogen-bond donors (Lipinski definition) is 2. The third kappa shape index (κ3) is 6.80. The second-order valence-electron chi connectivity index (χ2n) is 6.61. The molecule has 2 aromatic carbocycles. The molecule has 0 atom stereocenters. The van der Waals surface area contributed by atoms with Gasteiger partial charge in [0.15, 0.2) is 11.0 Å². The molecule has 0 bridgehead atoms. The van der Waals surface area contributed by atoms with Crippen molar-refractivity contribution in [3.63, 3.8) is 0 Å². The smallest absolute Gasteiger partial charge is 0.269 e. The van der Waals surface area contributed by atoms with Crippen molar-refractivity contribution in [3.8, 4) is 11.4 Å². The number of carbonyl (C=O) groups excluding carboxylic acids is 2. The summed E-state index contributed by atoms with van der Waals surface area (Å²) in [6.07, 6.45) is 0.762. The number of hydrogen-bond acceptors (Lipinski definition) is 6. The summed E-state index contributed by atoms with van der Waals surface area (Å²) in [5.41, 5.74) is 6.14. The Morgan fingerprint density at radius 1 is 1.09 bits per heavy atom. The van der Waals surface area contributed by atoms with Crippen molar-refractivity contribution in [1.82, 2.24) is 25.6 Å². The number of benzene rings is 2. The van der Waals surface area contributed by atoms with Crippen LogP contribution in [0.25, 0.3) is 11.4 Å². The van der Waals surface area contributed by atoms with Gasteiger partial charge in [0.2, 0.25) is 5.91 Å². The van der Waals surface area contributed by atoms with Crippen LogP contribution < -0.4 is 10.9 Å². The summed E-state index contributed by atoms with van der Waals surface area (Å²) in [6.45, 7) is 1.22. The van der Waals surface area contributed by atoms with Crippen molar-refractivity contribution in [2.75, 3.05) is 19.5 Å². The Balaban J connectivity index is 1.61. The van der Waals surface area contributed by atoms with E-state index in [4.69, 9.17) is 16.3 Å². The third-order valence-electron chi connectivity index (χ3n) is 4.30. The fourth-order valence-electron chi connectivity index (χ4n) is 2.74. The SMILES string of the molecule is COCCCn1c(SCC(=O)NNC(=O)c2ccc(Br)cc2)nnc1-c1ccc(Cl)cc1. The molecule has 168 valence electrons. The lowest BCUT2D eigenvalue weighted by Crippen LogP contribution is -2.42. The topological polar surface area (TPSA) is 98.1 Å². The van der Waals surface area contributed by atoms with Gasteiger partial charge in [-0.25, -0.2) is 0 Å². The van der Waals surface area contributed by atoms with Crippen LogP contribution in [0.5, 0.6) is 0 Å². The maximum absolute atomic E-state index is 12.2. The fourth-order valence-corrected chi connectivity index (χ4v) is 3.90. The fraction of sp³-hybridized carbons (Fsp3) is 0.238. The standard InChI is InChI=1S/C21H21BrClN5O3S/c1-31-12-2-11-28-19(14-5-9-17(23)10-6-14)25-27-21(28)32-13-18(29)24-26-20(30)15-3-7-16(22)8-4-15/h3-10H,2,11-13H2,1H3,(H,24,29)(H,26,30). The van der Waals surface area contributed by atoms with Gasteiger partial charge in [0, 0.05) is 40.9 Å². The Morgan fingerprint density at radius 3 is 2.50 bits per heavy atom. The van der Waals surface area contributed by atoms with E-state index in [2.05, 4.69) is 37.0 Å². The number of amides is 2. The monoisotopic (exact) mass is 537 g/mol. The molecule has 8 nitrogen and oxygen atoms in total. The molecule has 32 heavy (non-hydrogen) atoms. The number of carbonyl (C=O) groups is 2. The molecule has 0 saturated carbocycles. The molecule has 3 aromatic rings. The van der Waals surface area contributed by atoms with E-state index in [0.29, 0.717) is 34.7 Å². The Hall–Kier alpha value is -2.40. The zero-order valence-corrected chi connectivity index (χ0v) is 20.3. The number of thioether (sulfide) groups is 1.